The molecule has 5 heteroatoms. The minimum absolute atomic E-state index is 0.00508. The molecular formula is C27H38O5. The summed E-state index contributed by atoms with van der Waals surface area (Å²) < 4.78 is 17.9. The first kappa shape index (κ1) is 23.1. The van der Waals surface area contributed by atoms with E-state index in [0.717, 1.165) is 31.4 Å². The first-order chi connectivity index (χ1) is 14.8. The lowest BCUT2D eigenvalue weighted by Crippen LogP contribution is -2.47. The van der Waals surface area contributed by atoms with Crippen LogP contribution in [0.15, 0.2) is 18.2 Å². The van der Waals surface area contributed by atoms with E-state index in [-0.39, 0.29) is 23.5 Å². The molecule has 32 heavy (non-hydrogen) atoms. The number of ether oxygens (including phenoxy) is 3. The van der Waals surface area contributed by atoms with Gasteiger partial charge < -0.3 is 14.2 Å². The number of esters is 2. The third-order valence-electron chi connectivity index (χ3n) is 7.85. The average molecular weight is 443 g/mol. The lowest BCUT2D eigenvalue weighted by Gasteiger charge is -2.50. The van der Waals surface area contributed by atoms with E-state index in [0.29, 0.717) is 30.1 Å². The average Bonchev–Trinajstić information content (AvgIpc) is 3.02. The van der Waals surface area contributed by atoms with Gasteiger partial charge in [-0.3, -0.25) is 9.59 Å². The van der Waals surface area contributed by atoms with Crippen LogP contribution in [0.4, 0.5) is 0 Å². The number of rotatable bonds is 2. The highest BCUT2D eigenvalue weighted by atomic mass is 16.5. The van der Waals surface area contributed by atoms with Crippen molar-refractivity contribution in [3.05, 3.63) is 23.8 Å². The van der Waals surface area contributed by atoms with Gasteiger partial charge in [0.15, 0.2) is 0 Å². The Morgan fingerprint density at radius 3 is 2.34 bits per heavy atom. The quantitative estimate of drug-likeness (QED) is 0.422. The van der Waals surface area contributed by atoms with Crippen molar-refractivity contribution in [2.45, 2.75) is 86.2 Å². The largest absolute Gasteiger partial charge is 0.493 e. The summed E-state index contributed by atoms with van der Waals surface area (Å²) in [7, 11) is 0. The Labute approximate surface area is 192 Å². The molecule has 0 saturated heterocycles. The van der Waals surface area contributed by atoms with Gasteiger partial charge in [-0.1, -0.05) is 13.0 Å². The molecule has 5 nitrogen and oxygen atoms in total. The van der Waals surface area contributed by atoms with Crippen molar-refractivity contribution in [3.8, 4) is 11.5 Å². The zero-order chi connectivity index (χ0) is 23.5. The van der Waals surface area contributed by atoms with Crippen LogP contribution >= 0.6 is 0 Å². The molecule has 1 heterocycles. The highest BCUT2D eigenvalue weighted by Gasteiger charge is 2.57. The topological polar surface area (TPSA) is 61.8 Å². The van der Waals surface area contributed by atoms with E-state index in [4.69, 9.17) is 14.2 Å². The van der Waals surface area contributed by atoms with Crippen molar-refractivity contribution >= 4 is 11.9 Å². The summed E-state index contributed by atoms with van der Waals surface area (Å²) in [5, 5.41) is 0. The van der Waals surface area contributed by atoms with Crippen LogP contribution < -0.4 is 9.47 Å². The fourth-order valence-electron chi connectivity index (χ4n) is 5.81. The summed E-state index contributed by atoms with van der Waals surface area (Å²) in [5.74, 6) is 2.35. The molecule has 4 rings (SSSR count). The van der Waals surface area contributed by atoms with Crippen molar-refractivity contribution in [2.75, 3.05) is 6.61 Å². The standard InChI is InChI=1S/C27H38O5/c1-25(2,3)23(28)31-16-8-9-18-17-12-13-27(7)20(19(17)15-30-21(18)14-16)10-11-22(27)32-24(29)26(4,5)6/h8-9,14,17,19-20,22H,10-13,15H2,1-7H3/t17-,19-,20+,22+,27+/m1/s1. The van der Waals surface area contributed by atoms with E-state index >= 15 is 0 Å². The second-order valence-electron chi connectivity index (χ2n) is 12.3. The van der Waals surface area contributed by atoms with E-state index in [1.807, 2.05) is 53.7 Å². The molecule has 2 saturated carbocycles. The highest BCUT2D eigenvalue weighted by molar-refractivity contribution is 5.78. The van der Waals surface area contributed by atoms with Gasteiger partial charge in [0.05, 0.1) is 17.4 Å². The normalized spacial score (nSPS) is 31.6. The van der Waals surface area contributed by atoms with Crippen molar-refractivity contribution < 1.29 is 23.8 Å². The third kappa shape index (κ3) is 4.04. The maximum absolute atomic E-state index is 12.6. The smallest absolute Gasteiger partial charge is 0.316 e. The number of hydrogen-bond acceptors (Lipinski definition) is 5. The number of hydrogen-bond donors (Lipinski definition) is 0. The Hall–Kier alpha value is -2.04. The zero-order valence-corrected chi connectivity index (χ0v) is 20.6. The molecular weight excluding hydrogens is 404 g/mol. The molecule has 0 radical (unpaired) electrons. The van der Waals surface area contributed by atoms with E-state index in [9.17, 15) is 9.59 Å². The first-order valence-electron chi connectivity index (χ1n) is 12.0. The predicted octanol–water partition coefficient (Wildman–Crippen LogP) is 5.90. The van der Waals surface area contributed by atoms with Gasteiger partial charge in [-0.05, 0) is 90.7 Å². The van der Waals surface area contributed by atoms with Crippen LogP contribution in [0, 0.1) is 28.1 Å². The number of carbonyl (C=O) groups is 2. The van der Waals surface area contributed by atoms with Gasteiger partial charge in [0.1, 0.15) is 17.6 Å². The van der Waals surface area contributed by atoms with Gasteiger partial charge >= 0.3 is 11.9 Å². The Morgan fingerprint density at radius 1 is 1.00 bits per heavy atom. The minimum Gasteiger partial charge on any atom is -0.493 e. The maximum Gasteiger partial charge on any atom is 0.316 e. The molecule has 0 amide bonds. The Balaban J connectivity index is 1.51. The van der Waals surface area contributed by atoms with E-state index in [2.05, 4.69) is 13.0 Å². The highest BCUT2D eigenvalue weighted by Crippen LogP contribution is 2.61. The lowest BCUT2D eigenvalue weighted by atomic mass is 9.58. The fourth-order valence-corrected chi connectivity index (χ4v) is 5.81. The van der Waals surface area contributed by atoms with E-state index in [1.54, 1.807) is 0 Å². The molecule has 1 aromatic rings. The monoisotopic (exact) mass is 442 g/mol. The summed E-state index contributed by atoms with van der Waals surface area (Å²) in [6.07, 6.45) is 4.08. The van der Waals surface area contributed by atoms with Crippen LogP contribution in [-0.2, 0) is 14.3 Å². The predicted molar refractivity (Wildman–Crippen MR) is 123 cm³/mol. The minimum atomic E-state index is -0.550. The molecule has 0 N–H and O–H groups in total. The molecule has 0 aromatic heterocycles. The Morgan fingerprint density at radius 2 is 1.69 bits per heavy atom. The van der Waals surface area contributed by atoms with Crippen LogP contribution in [0.2, 0.25) is 0 Å². The van der Waals surface area contributed by atoms with Crippen LogP contribution in [0.1, 0.15) is 85.6 Å². The van der Waals surface area contributed by atoms with Crippen LogP contribution in [-0.4, -0.2) is 24.6 Å². The van der Waals surface area contributed by atoms with E-state index in [1.165, 1.54) is 5.56 Å². The van der Waals surface area contributed by atoms with Gasteiger partial charge in [0, 0.05) is 17.4 Å². The van der Waals surface area contributed by atoms with Crippen molar-refractivity contribution in [3.63, 3.8) is 0 Å². The summed E-state index contributed by atoms with van der Waals surface area (Å²) >= 11 is 0. The molecule has 3 aliphatic rings. The van der Waals surface area contributed by atoms with Gasteiger partial charge in [0.25, 0.3) is 0 Å². The maximum atomic E-state index is 12.6. The van der Waals surface area contributed by atoms with Gasteiger partial charge in [-0.25, -0.2) is 0 Å². The first-order valence-corrected chi connectivity index (χ1v) is 12.0. The summed E-state index contributed by atoms with van der Waals surface area (Å²) in [6, 6.07) is 5.84. The molecule has 0 bridgehead atoms. The number of benzene rings is 1. The summed E-state index contributed by atoms with van der Waals surface area (Å²) in [6.45, 7) is 14.3. The molecule has 2 aliphatic carbocycles. The van der Waals surface area contributed by atoms with Crippen LogP contribution in [0.3, 0.4) is 0 Å². The molecule has 2 fully saturated rings. The molecule has 5 atom stereocenters. The molecule has 176 valence electrons. The van der Waals surface area contributed by atoms with Gasteiger partial charge in [0.2, 0.25) is 0 Å². The molecule has 1 aromatic carbocycles. The third-order valence-corrected chi connectivity index (χ3v) is 7.85. The SMILES string of the molecule is CC(C)(C)C(=O)Oc1ccc2c(c1)OC[C@@H]1[C@@H]2CC[C@]2(C)[C@@H](OC(=O)C(C)(C)C)CC[C@@H]12. The van der Waals surface area contributed by atoms with Crippen molar-refractivity contribution in [2.24, 2.45) is 28.1 Å². The van der Waals surface area contributed by atoms with Crippen LogP contribution in [0.25, 0.3) is 0 Å². The second-order valence-corrected chi connectivity index (χ2v) is 12.3. The number of carbonyl (C=O) groups excluding carboxylic acids is 2. The summed E-state index contributed by atoms with van der Waals surface area (Å²) in [4.78, 5) is 24.8. The van der Waals surface area contributed by atoms with Gasteiger partial charge in [-0.2, -0.15) is 0 Å². The van der Waals surface area contributed by atoms with E-state index < -0.39 is 10.8 Å². The van der Waals surface area contributed by atoms with Crippen LogP contribution in [0.5, 0.6) is 11.5 Å². The Kier molecular flexibility index (Phi) is 5.62. The number of fused-ring (bicyclic) bond motifs is 5. The Bertz CT molecular complexity index is 906. The second kappa shape index (κ2) is 7.78. The van der Waals surface area contributed by atoms with Crippen molar-refractivity contribution in [1.29, 1.82) is 0 Å². The van der Waals surface area contributed by atoms with Crippen molar-refractivity contribution in [1.82, 2.24) is 0 Å². The van der Waals surface area contributed by atoms with Gasteiger partial charge in [-0.15, -0.1) is 0 Å². The molecule has 0 spiro atoms. The molecule has 0 unspecified atom stereocenters. The lowest BCUT2D eigenvalue weighted by molar-refractivity contribution is -0.167. The fraction of sp³-hybridized carbons (Fsp3) is 0.704. The summed E-state index contributed by atoms with van der Waals surface area (Å²) in [5.41, 5.74) is 0.192. The molecule has 1 aliphatic heterocycles. The zero-order valence-electron chi connectivity index (χ0n) is 20.6.